The number of benzene rings is 1. The summed E-state index contributed by atoms with van der Waals surface area (Å²) in [5, 5.41) is 3.29. The molecule has 1 aromatic rings. The molecule has 8 heteroatoms. The van der Waals surface area contributed by atoms with Gasteiger partial charge < -0.3 is 5.32 Å². The van der Waals surface area contributed by atoms with E-state index < -0.39 is 15.8 Å². The first-order valence-electron chi connectivity index (χ1n) is 5.60. The molecular formula is C11H15Cl2FN2O2S. The van der Waals surface area contributed by atoms with Crippen LogP contribution in [-0.2, 0) is 10.0 Å². The van der Waals surface area contributed by atoms with Gasteiger partial charge in [-0.3, -0.25) is 0 Å². The summed E-state index contributed by atoms with van der Waals surface area (Å²) in [7, 11) is -3.83. The van der Waals surface area contributed by atoms with Gasteiger partial charge in [-0.05, 0) is 25.1 Å². The summed E-state index contributed by atoms with van der Waals surface area (Å²) in [6, 6.07) is 3.35. The highest BCUT2D eigenvalue weighted by Crippen LogP contribution is 2.24. The second kappa shape index (κ2) is 6.37. The molecule has 0 spiro atoms. The first-order valence-corrected chi connectivity index (χ1v) is 7.42. The molecule has 0 saturated carbocycles. The summed E-state index contributed by atoms with van der Waals surface area (Å²) in [6.07, 6.45) is 0. The Morgan fingerprint density at radius 1 is 1.47 bits per heavy atom. The molecule has 0 amide bonds. The van der Waals surface area contributed by atoms with E-state index in [-0.39, 0.29) is 28.4 Å². The molecule has 1 fully saturated rings. The average molecular weight is 329 g/mol. The summed E-state index contributed by atoms with van der Waals surface area (Å²) in [5.74, 6) is -0.773. The van der Waals surface area contributed by atoms with Crippen molar-refractivity contribution in [3.63, 3.8) is 0 Å². The van der Waals surface area contributed by atoms with E-state index in [4.69, 9.17) is 11.6 Å². The Hall–Kier alpha value is -0.400. The molecule has 1 saturated heterocycles. The lowest BCUT2D eigenvalue weighted by Crippen LogP contribution is -2.52. The van der Waals surface area contributed by atoms with Crippen molar-refractivity contribution < 1.29 is 12.8 Å². The van der Waals surface area contributed by atoms with E-state index in [1.54, 1.807) is 6.92 Å². The molecule has 19 heavy (non-hydrogen) atoms. The maximum Gasteiger partial charge on any atom is 0.246 e. The predicted molar refractivity (Wildman–Crippen MR) is 74.9 cm³/mol. The third-order valence-corrected chi connectivity index (χ3v) is 5.18. The van der Waals surface area contributed by atoms with Crippen LogP contribution in [0.15, 0.2) is 23.1 Å². The number of nitrogens with one attached hydrogen (secondary N) is 1. The summed E-state index contributed by atoms with van der Waals surface area (Å²) in [4.78, 5) is -0.358. The second-order valence-electron chi connectivity index (χ2n) is 4.24. The number of hydrogen-bond acceptors (Lipinski definition) is 3. The molecule has 0 radical (unpaired) electrons. The van der Waals surface area contributed by atoms with Gasteiger partial charge in [-0.15, -0.1) is 12.4 Å². The van der Waals surface area contributed by atoms with Gasteiger partial charge in [-0.1, -0.05) is 11.6 Å². The van der Waals surface area contributed by atoms with Gasteiger partial charge in [-0.2, -0.15) is 4.31 Å². The zero-order valence-electron chi connectivity index (χ0n) is 10.3. The van der Waals surface area contributed by atoms with E-state index in [9.17, 15) is 12.8 Å². The van der Waals surface area contributed by atoms with Crippen LogP contribution in [0.25, 0.3) is 0 Å². The Bertz CT molecular complexity index is 554. The first kappa shape index (κ1) is 16.7. The van der Waals surface area contributed by atoms with Crippen LogP contribution in [0.3, 0.4) is 0 Å². The minimum Gasteiger partial charge on any atom is -0.314 e. The van der Waals surface area contributed by atoms with Crippen molar-refractivity contribution in [3.05, 3.63) is 29.0 Å². The lowest BCUT2D eigenvalue weighted by molar-refractivity contribution is 0.283. The van der Waals surface area contributed by atoms with Crippen molar-refractivity contribution in [1.29, 1.82) is 0 Å². The van der Waals surface area contributed by atoms with Gasteiger partial charge in [0.05, 0.1) is 0 Å². The van der Waals surface area contributed by atoms with E-state index >= 15 is 0 Å². The number of rotatable bonds is 2. The summed E-state index contributed by atoms with van der Waals surface area (Å²) >= 11 is 5.74. The molecule has 1 aliphatic heterocycles. The van der Waals surface area contributed by atoms with Gasteiger partial charge in [0.15, 0.2) is 0 Å². The Morgan fingerprint density at radius 2 is 2.16 bits per heavy atom. The highest BCUT2D eigenvalue weighted by molar-refractivity contribution is 7.89. The first-order chi connectivity index (χ1) is 8.43. The minimum atomic E-state index is -3.83. The van der Waals surface area contributed by atoms with E-state index in [2.05, 4.69) is 5.32 Å². The highest BCUT2D eigenvalue weighted by atomic mass is 35.5. The summed E-state index contributed by atoms with van der Waals surface area (Å²) < 4.78 is 39.7. The SMILES string of the molecule is C[C@H]1CNCCN1S(=O)(=O)c1cc(Cl)ccc1F.Cl. The van der Waals surface area contributed by atoms with Gasteiger partial charge in [0.1, 0.15) is 10.7 Å². The largest absolute Gasteiger partial charge is 0.314 e. The third kappa shape index (κ3) is 3.38. The van der Waals surface area contributed by atoms with Gasteiger partial charge in [0.25, 0.3) is 0 Å². The van der Waals surface area contributed by atoms with Crippen molar-refractivity contribution in [1.82, 2.24) is 9.62 Å². The molecule has 1 N–H and O–H groups in total. The zero-order chi connectivity index (χ0) is 13.3. The number of sulfonamides is 1. The maximum atomic E-state index is 13.7. The van der Waals surface area contributed by atoms with Gasteiger partial charge >= 0.3 is 0 Å². The normalized spacial score (nSPS) is 20.9. The van der Waals surface area contributed by atoms with Crippen LogP contribution in [0.2, 0.25) is 5.02 Å². The van der Waals surface area contributed by atoms with Crippen LogP contribution in [-0.4, -0.2) is 38.4 Å². The number of nitrogens with zero attached hydrogens (tertiary/aromatic N) is 1. The molecule has 0 aliphatic carbocycles. The Kier molecular flexibility index (Phi) is 5.58. The lowest BCUT2D eigenvalue weighted by Gasteiger charge is -2.32. The molecule has 0 aromatic heterocycles. The Morgan fingerprint density at radius 3 is 2.79 bits per heavy atom. The third-order valence-electron chi connectivity index (χ3n) is 2.92. The molecule has 1 atom stereocenters. The molecule has 4 nitrogen and oxygen atoms in total. The fourth-order valence-electron chi connectivity index (χ4n) is 1.98. The van der Waals surface area contributed by atoms with Crippen molar-refractivity contribution in [2.24, 2.45) is 0 Å². The zero-order valence-corrected chi connectivity index (χ0v) is 12.7. The highest BCUT2D eigenvalue weighted by Gasteiger charge is 2.32. The van der Waals surface area contributed by atoms with Gasteiger partial charge in [0.2, 0.25) is 10.0 Å². The van der Waals surface area contributed by atoms with Crippen molar-refractivity contribution in [2.45, 2.75) is 17.9 Å². The van der Waals surface area contributed by atoms with Crippen molar-refractivity contribution >= 4 is 34.0 Å². The molecule has 108 valence electrons. The fraction of sp³-hybridized carbons (Fsp3) is 0.455. The number of piperazine rings is 1. The van der Waals surface area contributed by atoms with Crippen molar-refractivity contribution in [2.75, 3.05) is 19.6 Å². The van der Waals surface area contributed by atoms with E-state index in [1.165, 1.54) is 10.4 Å². The van der Waals surface area contributed by atoms with Gasteiger partial charge in [-0.25, -0.2) is 12.8 Å². The minimum absolute atomic E-state index is 0. The Balaban J connectivity index is 0.00000180. The predicted octanol–water partition coefficient (Wildman–Crippen LogP) is 1.88. The quantitative estimate of drug-likeness (QED) is 0.901. The summed E-state index contributed by atoms with van der Waals surface area (Å²) in [5.41, 5.74) is 0. The number of hydrogen-bond donors (Lipinski definition) is 1. The fourth-order valence-corrected chi connectivity index (χ4v) is 3.94. The summed E-state index contributed by atoms with van der Waals surface area (Å²) in [6.45, 7) is 3.23. The van der Waals surface area contributed by atoms with Crippen molar-refractivity contribution in [3.8, 4) is 0 Å². The smallest absolute Gasteiger partial charge is 0.246 e. The van der Waals surface area contributed by atoms with E-state index in [1.807, 2.05) is 0 Å². The molecule has 1 aliphatic rings. The van der Waals surface area contributed by atoms with Crippen LogP contribution < -0.4 is 5.32 Å². The van der Waals surface area contributed by atoms with Crippen LogP contribution >= 0.6 is 24.0 Å². The lowest BCUT2D eigenvalue weighted by atomic mass is 10.3. The Labute approximate surface area is 123 Å². The molecule has 1 heterocycles. The molecule has 2 rings (SSSR count). The van der Waals surface area contributed by atoms with Crippen LogP contribution in [0.4, 0.5) is 4.39 Å². The van der Waals surface area contributed by atoms with E-state index in [0.29, 0.717) is 19.6 Å². The molecular weight excluding hydrogens is 314 g/mol. The van der Waals surface area contributed by atoms with Crippen LogP contribution in [0.1, 0.15) is 6.92 Å². The topological polar surface area (TPSA) is 49.4 Å². The van der Waals surface area contributed by atoms with E-state index in [0.717, 1.165) is 12.1 Å². The molecule has 0 bridgehead atoms. The van der Waals surface area contributed by atoms with Gasteiger partial charge in [0, 0.05) is 30.7 Å². The molecule has 1 aromatic carbocycles. The average Bonchev–Trinajstić information content (AvgIpc) is 2.32. The van der Waals surface area contributed by atoms with Crippen LogP contribution in [0.5, 0.6) is 0 Å². The van der Waals surface area contributed by atoms with Crippen LogP contribution in [0, 0.1) is 5.82 Å². The number of halogens is 3. The monoisotopic (exact) mass is 328 g/mol. The standard InChI is InChI=1S/C11H14ClFN2O2S.ClH/c1-8-7-14-4-5-15(8)18(16,17)11-6-9(12)2-3-10(11)13;/h2-3,6,8,14H,4-5,7H2,1H3;1H/t8-;/m0./s1. The maximum absolute atomic E-state index is 13.7. The molecule has 0 unspecified atom stereocenters. The second-order valence-corrected chi connectivity index (χ2v) is 6.54.